The smallest absolute Gasteiger partial charge is 0.283 e. The zero-order valence-corrected chi connectivity index (χ0v) is 16.4. The fourth-order valence-electron chi connectivity index (χ4n) is 3.61. The molecule has 1 aliphatic carbocycles. The molecule has 0 radical (unpaired) electrons. The average Bonchev–Trinajstić information content (AvgIpc) is 2.50. The van der Waals surface area contributed by atoms with Crippen LogP contribution in [0.1, 0.15) is 41.0 Å². The Kier molecular flexibility index (Phi) is 5.56. The zero-order chi connectivity index (χ0) is 17.4. The highest BCUT2D eigenvalue weighted by Crippen LogP contribution is 2.48. The molecule has 2 rings (SSSR count). The molecular formula is C17H29BrN4O. The third-order valence-corrected chi connectivity index (χ3v) is 6.91. The highest BCUT2D eigenvalue weighted by molar-refractivity contribution is 9.10. The Balaban J connectivity index is 2.23. The van der Waals surface area contributed by atoms with Crippen molar-refractivity contribution in [2.45, 2.75) is 53.6 Å². The van der Waals surface area contributed by atoms with E-state index in [1.807, 2.05) is 0 Å². The number of anilines is 1. The molecule has 1 aliphatic rings. The van der Waals surface area contributed by atoms with Gasteiger partial charge in [0, 0.05) is 12.6 Å². The minimum Gasteiger partial charge on any atom is -0.380 e. The van der Waals surface area contributed by atoms with E-state index in [0.717, 1.165) is 12.1 Å². The van der Waals surface area contributed by atoms with Crippen molar-refractivity contribution in [2.75, 3.05) is 11.9 Å². The number of nitrogens with one attached hydrogen (secondary N) is 1. The number of aromatic nitrogens is 2. The number of hydrogen-bond acceptors (Lipinski definition) is 4. The normalized spacial score (nSPS) is 30.2. The van der Waals surface area contributed by atoms with Crippen molar-refractivity contribution in [2.24, 2.45) is 28.9 Å². The Morgan fingerprint density at radius 1 is 1.43 bits per heavy atom. The summed E-state index contributed by atoms with van der Waals surface area (Å²) in [6.45, 7) is 12.5. The fraction of sp³-hybridized carbons (Fsp3) is 0.765. The summed E-state index contributed by atoms with van der Waals surface area (Å²) in [5.74, 6) is 1.75. The van der Waals surface area contributed by atoms with Crippen molar-refractivity contribution in [3.63, 3.8) is 0 Å². The van der Waals surface area contributed by atoms with Gasteiger partial charge in [0.1, 0.15) is 4.47 Å². The quantitative estimate of drug-likeness (QED) is 0.836. The number of halogens is 1. The first-order valence-electron chi connectivity index (χ1n) is 8.42. The standard InChI is InChI=1S/C17H29BrN4O/c1-10-8-13(11(2)12(3)17(10,4)5)21-14-9-20-22(7-6-19)16(23)15(14)18/h9-13,21H,6-8,19H2,1-5H3/t10-,11+,12+,13+/m0/s1. The van der Waals surface area contributed by atoms with E-state index in [9.17, 15) is 4.79 Å². The molecule has 1 heterocycles. The molecule has 1 fully saturated rings. The van der Waals surface area contributed by atoms with Crippen LogP contribution in [-0.4, -0.2) is 22.4 Å². The molecule has 0 amide bonds. The predicted octanol–water partition coefficient (Wildman–Crippen LogP) is 3.08. The molecule has 0 saturated heterocycles. The van der Waals surface area contributed by atoms with Crippen LogP contribution in [0.2, 0.25) is 0 Å². The average molecular weight is 385 g/mol. The van der Waals surface area contributed by atoms with Gasteiger partial charge in [-0.25, -0.2) is 4.68 Å². The third kappa shape index (κ3) is 3.48. The van der Waals surface area contributed by atoms with Crippen LogP contribution in [0.15, 0.2) is 15.5 Å². The van der Waals surface area contributed by atoms with Gasteiger partial charge in [-0.2, -0.15) is 5.10 Å². The van der Waals surface area contributed by atoms with Gasteiger partial charge in [-0.3, -0.25) is 4.79 Å². The van der Waals surface area contributed by atoms with Crippen molar-refractivity contribution in [1.82, 2.24) is 9.78 Å². The topological polar surface area (TPSA) is 72.9 Å². The summed E-state index contributed by atoms with van der Waals surface area (Å²) < 4.78 is 1.94. The van der Waals surface area contributed by atoms with Gasteiger partial charge in [-0.05, 0) is 45.5 Å². The second kappa shape index (κ2) is 6.93. The maximum Gasteiger partial charge on any atom is 0.283 e. The molecule has 5 nitrogen and oxygen atoms in total. The van der Waals surface area contributed by atoms with Gasteiger partial charge >= 0.3 is 0 Å². The second-order valence-electron chi connectivity index (χ2n) is 7.55. The monoisotopic (exact) mass is 384 g/mol. The lowest BCUT2D eigenvalue weighted by molar-refractivity contribution is 0.0316. The summed E-state index contributed by atoms with van der Waals surface area (Å²) in [6.07, 6.45) is 2.82. The van der Waals surface area contributed by atoms with Crippen molar-refractivity contribution in [1.29, 1.82) is 0 Å². The molecule has 23 heavy (non-hydrogen) atoms. The molecule has 0 aromatic carbocycles. The second-order valence-corrected chi connectivity index (χ2v) is 8.34. The van der Waals surface area contributed by atoms with Gasteiger partial charge in [0.2, 0.25) is 0 Å². The van der Waals surface area contributed by atoms with Crippen molar-refractivity contribution >= 4 is 21.6 Å². The summed E-state index contributed by atoms with van der Waals surface area (Å²) in [4.78, 5) is 12.3. The number of nitrogens with two attached hydrogens (primary N) is 1. The lowest BCUT2D eigenvalue weighted by atomic mass is 9.58. The molecule has 4 atom stereocenters. The summed E-state index contributed by atoms with van der Waals surface area (Å²) in [5.41, 5.74) is 6.48. The molecule has 0 spiro atoms. The minimum absolute atomic E-state index is 0.134. The Bertz CT molecular complexity index is 613. The van der Waals surface area contributed by atoms with Gasteiger partial charge in [0.25, 0.3) is 5.56 Å². The lowest BCUT2D eigenvalue weighted by Crippen LogP contribution is -2.48. The zero-order valence-electron chi connectivity index (χ0n) is 14.8. The first kappa shape index (κ1) is 18.5. The summed E-state index contributed by atoms with van der Waals surface area (Å²) >= 11 is 3.42. The van der Waals surface area contributed by atoms with Crippen LogP contribution in [0.25, 0.3) is 0 Å². The van der Waals surface area contributed by atoms with Gasteiger partial charge in [0.15, 0.2) is 0 Å². The molecule has 1 aromatic rings. The van der Waals surface area contributed by atoms with Crippen molar-refractivity contribution in [3.05, 3.63) is 21.0 Å². The molecule has 1 aromatic heterocycles. The highest BCUT2D eigenvalue weighted by atomic mass is 79.9. The molecule has 0 aliphatic heterocycles. The van der Waals surface area contributed by atoms with Crippen LogP contribution < -0.4 is 16.6 Å². The predicted molar refractivity (Wildman–Crippen MR) is 98.6 cm³/mol. The summed E-state index contributed by atoms with van der Waals surface area (Å²) in [5, 5.41) is 7.77. The molecule has 3 N–H and O–H groups in total. The van der Waals surface area contributed by atoms with Crippen LogP contribution in [0.4, 0.5) is 5.69 Å². The van der Waals surface area contributed by atoms with E-state index in [1.54, 1.807) is 6.20 Å². The Morgan fingerprint density at radius 2 is 2.09 bits per heavy atom. The van der Waals surface area contributed by atoms with Crippen LogP contribution in [0.3, 0.4) is 0 Å². The first-order valence-corrected chi connectivity index (χ1v) is 9.21. The Hall–Kier alpha value is -0.880. The van der Waals surface area contributed by atoms with E-state index in [4.69, 9.17) is 5.73 Å². The van der Waals surface area contributed by atoms with Gasteiger partial charge < -0.3 is 11.1 Å². The third-order valence-electron chi connectivity index (χ3n) is 6.14. The Morgan fingerprint density at radius 3 is 2.70 bits per heavy atom. The maximum absolute atomic E-state index is 12.3. The number of nitrogens with zero attached hydrogens (tertiary/aromatic N) is 2. The maximum atomic E-state index is 12.3. The first-order chi connectivity index (χ1) is 10.7. The minimum atomic E-state index is -0.134. The van der Waals surface area contributed by atoms with Crippen molar-refractivity contribution < 1.29 is 0 Å². The van der Waals surface area contributed by atoms with E-state index < -0.39 is 0 Å². The van der Waals surface area contributed by atoms with Gasteiger partial charge in [-0.15, -0.1) is 0 Å². The Labute approximate surface area is 147 Å². The SMILES string of the molecule is C[C@@H]1[C@@H](C)C(C)(C)[C@@H](C)C[C@H]1Nc1cnn(CCN)c(=O)c1Br. The van der Waals surface area contributed by atoms with Crippen LogP contribution in [-0.2, 0) is 6.54 Å². The highest BCUT2D eigenvalue weighted by Gasteiger charge is 2.43. The molecule has 1 saturated carbocycles. The molecule has 130 valence electrons. The molecule has 6 heteroatoms. The van der Waals surface area contributed by atoms with Crippen LogP contribution in [0.5, 0.6) is 0 Å². The largest absolute Gasteiger partial charge is 0.380 e. The van der Waals surface area contributed by atoms with Crippen molar-refractivity contribution in [3.8, 4) is 0 Å². The van der Waals surface area contributed by atoms with Crippen LogP contribution >= 0.6 is 15.9 Å². The lowest BCUT2D eigenvalue weighted by Gasteiger charge is -2.50. The fourth-order valence-corrected chi connectivity index (χ4v) is 4.03. The molecule has 0 unspecified atom stereocenters. The summed E-state index contributed by atoms with van der Waals surface area (Å²) in [7, 11) is 0. The molecular weight excluding hydrogens is 356 g/mol. The van der Waals surface area contributed by atoms with Gasteiger partial charge in [-0.1, -0.05) is 34.6 Å². The number of hydrogen-bond donors (Lipinski definition) is 2. The van der Waals surface area contributed by atoms with Crippen LogP contribution in [0, 0.1) is 23.2 Å². The van der Waals surface area contributed by atoms with Gasteiger partial charge in [0.05, 0.1) is 18.4 Å². The van der Waals surface area contributed by atoms with E-state index >= 15 is 0 Å². The van der Waals surface area contributed by atoms with E-state index in [1.165, 1.54) is 4.68 Å². The summed E-state index contributed by atoms with van der Waals surface area (Å²) in [6, 6.07) is 0.343. The van der Waals surface area contributed by atoms with E-state index in [-0.39, 0.29) is 5.56 Å². The molecule has 0 bridgehead atoms. The number of rotatable bonds is 4. The van der Waals surface area contributed by atoms with E-state index in [2.05, 4.69) is 61.0 Å². The van der Waals surface area contributed by atoms with E-state index in [0.29, 0.717) is 46.8 Å².